The largest absolute Gasteiger partial charge is 0.292 e. The molecule has 17 heavy (non-hydrogen) atoms. The molecule has 0 bridgehead atoms. The summed E-state index contributed by atoms with van der Waals surface area (Å²) < 4.78 is 0. The van der Waals surface area contributed by atoms with E-state index in [0.717, 1.165) is 16.1 Å². The minimum Gasteiger partial charge on any atom is -0.292 e. The van der Waals surface area contributed by atoms with Gasteiger partial charge in [0.15, 0.2) is 10.8 Å². The first-order chi connectivity index (χ1) is 8.11. The SMILES string of the molecule is CSc1ccc(-c2nc(C(C)=O)sc2C)cc1. The van der Waals surface area contributed by atoms with Gasteiger partial charge in [0.25, 0.3) is 0 Å². The van der Waals surface area contributed by atoms with Crippen molar-refractivity contribution >= 4 is 28.9 Å². The molecule has 2 rings (SSSR count). The molecule has 0 saturated heterocycles. The summed E-state index contributed by atoms with van der Waals surface area (Å²) in [5.74, 6) is 0.0325. The van der Waals surface area contributed by atoms with Crippen LogP contribution >= 0.6 is 23.1 Å². The Morgan fingerprint density at radius 3 is 2.41 bits per heavy atom. The maximum absolute atomic E-state index is 11.3. The Morgan fingerprint density at radius 2 is 1.94 bits per heavy atom. The Labute approximate surface area is 109 Å². The van der Waals surface area contributed by atoms with Crippen molar-refractivity contribution in [3.05, 3.63) is 34.2 Å². The van der Waals surface area contributed by atoms with Crippen molar-refractivity contribution in [2.45, 2.75) is 18.7 Å². The van der Waals surface area contributed by atoms with Crippen LogP contribution in [0.1, 0.15) is 21.6 Å². The van der Waals surface area contributed by atoms with Crippen LogP contribution < -0.4 is 0 Å². The topological polar surface area (TPSA) is 30.0 Å². The van der Waals surface area contributed by atoms with E-state index in [0.29, 0.717) is 5.01 Å². The molecule has 0 fully saturated rings. The van der Waals surface area contributed by atoms with Gasteiger partial charge in [-0.15, -0.1) is 23.1 Å². The summed E-state index contributed by atoms with van der Waals surface area (Å²) in [5, 5.41) is 0.589. The second-order valence-electron chi connectivity index (χ2n) is 3.71. The maximum Gasteiger partial charge on any atom is 0.188 e. The predicted molar refractivity (Wildman–Crippen MR) is 74.1 cm³/mol. The minimum absolute atomic E-state index is 0.0325. The molecular weight excluding hydrogens is 250 g/mol. The molecule has 0 N–H and O–H groups in total. The van der Waals surface area contributed by atoms with Crippen LogP contribution in [-0.4, -0.2) is 17.0 Å². The first-order valence-corrected chi connectivity index (χ1v) is 7.28. The lowest BCUT2D eigenvalue weighted by molar-refractivity contribution is 0.101. The van der Waals surface area contributed by atoms with Crippen LogP contribution in [0.2, 0.25) is 0 Å². The van der Waals surface area contributed by atoms with Crippen LogP contribution in [0.3, 0.4) is 0 Å². The summed E-state index contributed by atoms with van der Waals surface area (Å²) in [6.45, 7) is 3.56. The van der Waals surface area contributed by atoms with E-state index in [1.54, 1.807) is 18.7 Å². The van der Waals surface area contributed by atoms with E-state index in [-0.39, 0.29) is 5.78 Å². The molecule has 0 amide bonds. The fourth-order valence-electron chi connectivity index (χ4n) is 1.56. The molecule has 0 spiro atoms. The molecule has 0 aliphatic rings. The molecule has 0 atom stereocenters. The number of aromatic nitrogens is 1. The molecule has 0 unspecified atom stereocenters. The van der Waals surface area contributed by atoms with Crippen molar-refractivity contribution in [3.8, 4) is 11.3 Å². The van der Waals surface area contributed by atoms with Crippen LogP contribution in [0.4, 0.5) is 0 Å². The van der Waals surface area contributed by atoms with Crippen molar-refractivity contribution in [2.75, 3.05) is 6.26 Å². The standard InChI is InChI=1S/C13H13NOS2/c1-8(15)13-14-12(9(2)17-13)10-4-6-11(16-3)7-5-10/h4-7H,1-3H3. The smallest absolute Gasteiger partial charge is 0.188 e. The van der Waals surface area contributed by atoms with Crippen LogP contribution in [0, 0.1) is 6.92 Å². The number of rotatable bonds is 3. The fourth-order valence-corrected chi connectivity index (χ4v) is 2.80. The molecule has 0 aliphatic carbocycles. The average molecular weight is 263 g/mol. The lowest BCUT2D eigenvalue weighted by Crippen LogP contribution is -1.89. The minimum atomic E-state index is 0.0325. The van der Waals surface area contributed by atoms with Gasteiger partial charge in [0.2, 0.25) is 0 Å². The summed E-state index contributed by atoms with van der Waals surface area (Å²) in [5.41, 5.74) is 2.00. The number of carbonyl (C=O) groups excluding carboxylic acids is 1. The Morgan fingerprint density at radius 1 is 1.29 bits per heavy atom. The van der Waals surface area contributed by atoms with Crippen LogP contribution in [0.25, 0.3) is 11.3 Å². The highest BCUT2D eigenvalue weighted by atomic mass is 32.2. The summed E-state index contributed by atoms with van der Waals surface area (Å²) in [6.07, 6.45) is 2.05. The third kappa shape index (κ3) is 2.58. The van der Waals surface area contributed by atoms with Gasteiger partial charge in [0.1, 0.15) is 0 Å². The molecule has 1 heterocycles. The number of carbonyl (C=O) groups is 1. The summed E-state index contributed by atoms with van der Waals surface area (Å²) in [6, 6.07) is 8.26. The number of nitrogens with zero attached hydrogens (tertiary/aromatic N) is 1. The Kier molecular flexibility index (Phi) is 3.64. The van der Waals surface area contributed by atoms with Crippen molar-refractivity contribution in [2.24, 2.45) is 0 Å². The third-order valence-electron chi connectivity index (χ3n) is 2.46. The van der Waals surface area contributed by atoms with Crippen LogP contribution in [-0.2, 0) is 0 Å². The highest BCUT2D eigenvalue weighted by Gasteiger charge is 2.12. The molecular formula is C13H13NOS2. The lowest BCUT2D eigenvalue weighted by Gasteiger charge is -2.00. The fraction of sp³-hybridized carbons (Fsp3) is 0.231. The van der Waals surface area contributed by atoms with E-state index in [2.05, 4.69) is 35.5 Å². The number of thioether (sulfide) groups is 1. The first kappa shape index (κ1) is 12.3. The zero-order valence-electron chi connectivity index (χ0n) is 9.98. The quantitative estimate of drug-likeness (QED) is 0.618. The Bertz CT molecular complexity index is 543. The molecule has 1 aromatic carbocycles. The van der Waals surface area contributed by atoms with E-state index in [1.807, 2.05) is 6.92 Å². The predicted octanol–water partition coefficient (Wildman–Crippen LogP) is 4.04. The van der Waals surface area contributed by atoms with Gasteiger partial charge in [0.05, 0.1) is 5.69 Å². The lowest BCUT2D eigenvalue weighted by atomic mass is 10.1. The molecule has 0 saturated carbocycles. The second-order valence-corrected chi connectivity index (χ2v) is 5.79. The number of Topliss-reactive ketones (excluding diaryl/α,β-unsaturated/α-hetero) is 1. The molecule has 2 nitrogen and oxygen atoms in total. The zero-order chi connectivity index (χ0) is 12.4. The van der Waals surface area contributed by atoms with Gasteiger partial charge in [0, 0.05) is 22.3 Å². The van der Waals surface area contributed by atoms with E-state index in [9.17, 15) is 4.79 Å². The monoisotopic (exact) mass is 263 g/mol. The summed E-state index contributed by atoms with van der Waals surface area (Å²) in [4.78, 5) is 18.0. The van der Waals surface area contributed by atoms with Gasteiger partial charge in [-0.2, -0.15) is 0 Å². The van der Waals surface area contributed by atoms with Crippen molar-refractivity contribution in [1.82, 2.24) is 4.98 Å². The van der Waals surface area contributed by atoms with Crippen LogP contribution in [0.15, 0.2) is 29.2 Å². The third-order valence-corrected chi connectivity index (χ3v) is 4.28. The second kappa shape index (κ2) is 5.02. The zero-order valence-corrected chi connectivity index (χ0v) is 11.6. The number of thiazole rings is 1. The molecule has 88 valence electrons. The highest BCUT2D eigenvalue weighted by Crippen LogP contribution is 2.29. The van der Waals surface area contributed by atoms with Crippen molar-refractivity contribution in [1.29, 1.82) is 0 Å². The maximum atomic E-state index is 11.3. The van der Waals surface area contributed by atoms with Crippen LogP contribution in [0.5, 0.6) is 0 Å². The van der Waals surface area contributed by atoms with Crippen molar-refractivity contribution in [3.63, 3.8) is 0 Å². The molecule has 2 aromatic rings. The van der Waals surface area contributed by atoms with E-state index >= 15 is 0 Å². The normalized spacial score (nSPS) is 10.5. The Hall–Kier alpha value is -1.13. The Balaban J connectivity index is 2.41. The molecule has 0 radical (unpaired) electrons. The van der Waals surface area contributed by atoms with Gasteiger partial charge < -0.3 is 0 Å². The van der Waals surface area contributed by atoms with Gasteiger partial charge in [-0.3, -0.25) is 4.79 Å². The van der Waals surface area contributed by atoms with E-state index in [1.165, 1.54) is 16.2 Å². The summed E-state index contributed by atoms with van der Waals surface area (Å²) >= 11 is 3.18. The molecule has 4 heteroatoms. The first-order valence-electron chi connectivity index (χ1n) is 5.24. The average Bonchev–Trinajstić information content (AvgIpc) is 2.72. The van der Waals surface area contributed by atoms with Gasteiger partial charge in [-0.1, -0.05) is 12.1 Å². The number of hydrogen-bond donors (Lipinski definition) is 0. The van der Waals surface area contributed by atoms with Gasteiger partial charge >= 0.3 is 0 Å². The number of aryl methyl sites for hydroxylation is 1. The van der Waals surface area contributed by atoms with Gasteiger partial charge in [-0.25, -0.2) is 4.98 Å². The number of ketones is 1. The van der Waals surface area contributed by atoms with E-state index < -0.39 is 0 Å². The number of benzene rings is 1. The highest BCUT2D eigenvalue weighted by molar-refractivity contribution is 7.98. The van der Waals surface area contributed by atoms with Gasteiger partial charge in [-0.05, 0) is 25.3 Å². The molecule has 0 aliphatic heterocycles. The van der Waals surface area contributed by atoms with E-state index in [4.69, 9.17) is 0 Å². The number of hydrogen-bond acceptors (Lipinski definition) is 4. The van der Waals surface area contributed by atoms with Crippen molar-refractivity contribution < 1.29 is 4.79 Å². The molecule has 1 aromatic heterocycles. The summed E-state index contributed by atoms with van der Waals surface area (Å²) in [7, 11) is 0.